The maximum Gasteiger partial charge on any atom is 0.213 e. The Balaban J connectivity index is 1.30. The highest BCUT2D eigenvalue weighted by Crippen LogP contribution is 2.34. The van der Waals surface area contributed by atoms with E-state index in [1.165, 1.54) is 66.9 Å². The molecule has 2 aromatic heterocycles. The fraction of sp³-hybridized carbons (Fsp3) is 0.536. The second kappa shape index (κ2) is 9.96. The van der Waals surface area contributed by atoms with E-state index in [4.69, 9.17) is 4.74 Å². The fourth-order valence-corrected chi connectivity index (χ4v) is 5.84. The summed E-state index contributed by atoms with van der Waals surface area (Å²) in [6, 6.07) is 12.4. The molecule has 3 aromatic rings. The van der Waals surface area contributed by atoms with Crippen molar-refractivity contribution in [3.63, 3.8) is 0 Å². The van der Waals surface area contributed by atoms with Crippen LogP contribution in [0.4, 0.5) is 5.69 Å². The standard InChI is InChI=1S/C28H39N5O/c1-5-24-25-19-23(6-7-26(25)30-28(24)21-8-11-29-27(18-21)34-4)33-16-14-32(15-17-33)22-9-12-31(13-10-22)20(2)3/h6-8,11,18-20,22,30H,5,9-10,12-17H2,1-4H3. The van der Waals surface area contributed by atoms with Crippen molar-refractivity contribution in [1.29, 1.82) is 0 Å². The second-order valence-electron chi connectivity index (χ2n) is 10.0. The zero-order chi connectivity index (χ0) is 23.7. The minimum absolute atomic E-state index is 0.645. The van der Waals surface area contributed by atoms with E-state index in [-0.39, 0.29) is 0 Å². The third kappa shape index (κ3) is 4.53. The van der Waals surface area contributed by atoms with Gasteiger partial charge in [0.2, 0.25) is 5.88 Å². The maximum absolute atomic E-state index is 5.35. The highest BCUT2D eigenvalue weighted by atomic mass is 16.5. The summed E-state index contributed by atoms with van der Waals surface area (Å²) >= 11 is 0. The molecule has 2 saturated heterocycles. The lowest BCUT2D eigenvalue weighted by Crippen LogP contribution is -2.53. The molecule has 0 amide bonds. The molecule has 0 bridgehead atoms. The molecule has 34 heavy (non-hydrogen) atoms. The van der Waals surface area contributed by atoms with Crippen molar-refractivity contribution < 1.29 is 4.74 Å². The molecule has 2 fully saturated rings. The first kappa shape index (κ1) is 23.2. The maximum atomic E-state index is 5.35. The van der Waals surface area contributed by atoms with Gasteiger partial charge >= 0.3 is 0 Å². The summed E-state index contributed by atoms with van der Waals surface area (Å²) < 4.78 is 5.35. The summed E-state index contributed by atoms with van der Waals surface area (Å²) in [7, 11) is 1.67. The quantitative estimate of drug-likeness (QED) is 0.572. The monoisotopic (exact) mass is 461 g/mol. The average Bonchev–Trinajstić information content (AvgIpc) is 3.27. The van der Waals surface area contributed by atoms with E-state index in [1.807, 2.05) is 12.3 Å². The van der Waals surface area contributed by atoms with Gasteiger partial charge in [0.25, 0.3) is 0 Å². The van der Waals surface area contributed by atoms with Gasteiger partial charge in [-0.05, 0) is 76.0 Å². The van der Waals surface area contributed by atoms with Gasteiger partial charge in [-0.3, -0.25) is 4.90 Å². The number of anilines is 1. The molecular formula is C28H39N5O. The SMILES string of the molecule is CCc1c(-c2ccnc(OC)c2)[nH]c2ccc(N3CCN(C4CCN(C(C)C)CC4)CC3)cc12. The van der Waals surface area contributed by atoms with Gasteiger partial charge in [0.1, 0.15) is 0 Å². The number of H-pyrrole nitrogens is 1. The van der Waals surface area contributed by atoms with Crippen molar-refractivity contribution >= 4 is 16.6 Å². The summed E-state index contributed by atoms with van der Waals surface area (Å²) in [6.07, 6.45) is 5.43. The van der Waals surface area contributed by atoms with Crippen LogP contribution in [0.1, 0.15) is 39.2 Å². The Hall–Kier alpha value is -2.57. The van der Waals surface area contributed by atoms with Crippen LogP contribution >= 0.6 is 0 Å². The number of hydrogen-bond donors (Lipinski definition) is 1. The first-order valence-corrected chi connectivity index (χ1v) is 13.0. The molecule has 0 unspecified atom stereocenters. The van der Waals surface area contributed by atoms with Crippen LogP contribution in [0.3, 0.4) is 0 Å². The summed E-state index contributed by atoms with van der Waals surface area (Å²) in [5.41, 5.74) is 6.20. The number of aryl methyl sites for hydroxylation is 1. The van der Waals surface area contributed by atoms with E-state index in [2.05, 4.69) is 69.7 Å². The number of piperidine rings is 1. The molecule has 4 heterocycles. The number of nitrogens with one attached hydrogen (secondary N) is 1. The number of pyridine rings is 1. The van der Waals surface area contributed by atoms with E-state index in [0.29, 0.717) is 11.9 Å². The lowest BCUT2D eigenvalue weighted by Gasteiger charge is -2.44. The molecule has 0 radical (unpaired) electrons. The molecule has 0 spiro atoms. The average molecular weight is 462 g/mol. The normalized spacial score (nSPS) is 18.8. The lowest BCUT2D eigenvalue weighted by molar-refractivity contribution is 0.0883. The van der Waals surface area contributed by atoms with Gasteiger partial charge in [-0.2, -0.15) is 0 Å². The third-order valence-corrected chi connectivity index (χ3v) is 7.90. The largest absolute Gasteiger partial charge is 0.481 e. The molecule has 0 aliphatic carbocycles. The van der Waals surface area contributed by atoms with E-state index < -0.39 is 0 Å². The predicted molar refractivity (Wildman–Crippen MR) is 141 cm³/mol. The zero-order valence-corrected chi connectivity index (χ0v) is 21.2. The number of rotatable bonds is 6. The molecule has 1 N–H and O–H groups in total. The number of hydrogen-bond acceptors (Lipinski definition) is 5. The highest BCUT2D eigenvalue weighted by molar-refractivity contribution is 5.93. The van der Waals surface area contributed by atoms with E-state index >= 15 is 0 Å². The van der Waals surface area contributed by atoms with E-state index in [1.54, 1.807) is 7.11 Å². The number of benzene rings is 1. The summed E-state index contributed by atoms with van der Waals surface area (Å²) in [5.74, 6) is 0.645. The second-order valence-corrected chi connectivity index (χ2v) is 10.0. The van der Waals surface area contributed by atoms with E-state index in [9.17, 15) is 0 Å². The number of piperazine rings is 1. The Morgan fingerprint density at radius 3 is 2.47 bits per heavy atom. The van der Waals surface area contributed by atoms with Gasteiger partial charge in [-0.15, -0.1) is 0 Å². The Morgan fingerprint density at radius 1 is 1.03 bits per heavy atom. The highest BCUT2D eigenvalue weighted by Gasteiger charge is 2.28. The minimum Gasteiger partial charge on any atom is -0.481 e. The Bertz CT molecular complexity index is 1110. The van der Waals surface area contributed by atoms with Crippen LogP contribution in [-0.2, 0) is 6.42 Å². The van der Waals surface area contributed by atoms with Gasteiger partial charge in [-0.25, -0.2) is 4.98 Å². The molecule has 6 heteroatoms. The number of aromatic amines is 1. The number of ether oxygens (including phenoxy) is 1. The molecule has 2 aliphatic heterocycles. The van der Waals surface area contributed by atoms with Crippen molar-refractivity contribution in [3.05, 3.63) is 42.1 Å². The topological polar surface area (TPSA) is 47.6 Å². The van der Waals surface area contributed by atoms with Crippen LogP contribution in [0.15, 0.2) is 36.5 Å². The van der Waals surface area contributed by atoms with Crippen LogP contribution in [-0.4, -0.2) is 78.2 Å². The Labute approximate surface area is 203 Å². The van der Waals surface area contributed by atoms with Gasteiger partial charge in [0.15, 0.2) is 0 Å². The van der Waals surface area contributed by atoms with Crippen molar-refractivity contribution in [1.82, 2.24) is 19.8 Å². The molecule has 6 nitrogen and oxygen atoms in total. The van der Waals surface area contributed by atoms with Crippen molar-refractivity contribution in [2.45, 2.75) is 52.1 Å². The number of likely N-dealkylation sites (tertiary alicyclic amines) is 1. The van der Waals surface area contributed by atoms with Gasteiger partial charge in [0, 0.05) is 78.4 Å². The molecule has 0 atom stereocenters. The Morgan fingerprint density at radius 2 is 1.79 bits per heavy atom. The van der Waals surface area contributed by atoms with Crippen LogP contribution in [0.5, 0.6) is 5.88 Å². The summed E-state index contributed by atoms with van der Waals surface area (Å²) in [5, 5.41) is 1.33. The first-order valence-electron chi connectivity index (χ1n) is 13.0. The van der Waals surface area contributed by atoms with Gasteiger partial charge < -0.3 is 19.5 Å². The molecule has 0 saturated carbocycles. The summed E-state index contributed by atoms with van der Waals surface area (Å²) in [4.78, 5) is 15.9. The number of fused-ring (bicyclic) bond motifs is 1. The van der Waals surface area contributed by atoms with Gasteiger partial charge in [-0.1, -0.05) is 6.92 Å². The fourth-order valence-electron chi connectivity index (χ4n) is 5.84. The number of nitrogens with zero attached hydrogens (tertiary/aromatic N) is 4. The van der Waals surface area contributed by atoms with Gasteiger partial charge in [0.05, 0.1) is 7.11 Å². The van der Waals surface area contributed by atoms with E-state index in [0.717, 1.165) is 31.1 Å². The molecule has 182 valence electrons. The van der Waals surface area contributed by atoms with Crippen LogP contribution in [0.25, 0.3) is 22.2 Å². The van der Waals surface area contributed by atoms with Crippen LogP contribution in [0.2, 0.25) is 0 Å². The number of methoxy groups -OCH3 is 1. The minimum atomic E-state index is 0.645. The molecule has 1 aromatic carbocycles. The Kier molecular flexibility index (Phi) is 6.79. The molecule has 5 rings (SSSR count). The lowest BCUT2D eigenvalue weighted by atomic mass is 10.0. The smallest absolute Gasteiger partial charge is 0.213 e. The predicted octanol–water partition coefficient (Wildman–Crippen LogP) is 4.80. The zero-order valence-electron chi connectivity index (χ0n) is 21.2. The molecular weight excluding hydrogens is 422 g/mol. The first-order chi connectivity index (χ1) is 16.6. The van der Waals surface area contributed by atoms with Crippen molar-refractivity contribution in [2.75, 3.05) is 51.3 Å². The third-order valence-electron chi connectivity index (χ3n) is 7.90. The van der Waals surface area contributed by atoms with Crippen molar-refractivity contribution in [2.24, 2.45) is 0 Å². The van der Waals surface area contributed by atoms with Crippen LogP contribution in [0, 0.1) is 0 Å². The summed E-state index contributed by atoms with van der Waals surface area (Å²) in [6.45, 7) is 13.9. The molecule has 2 aliphatic rings. The van der Waals surface area contributed by atoms with Crippen LogP contribution < -0.4 is 9.64 Å². The van der Waals surface area contributed by atoms with Crippen molar-refractivity contribution in [3.8, 4) is 17.1 Å². The number of aromatic nitrogens is 2.